The summed E-state index contributed by atoms with van der Waals surface area (Å²) in [4.78, 5) is 2.09. The molecule has 2 aromatic heterocycles. The first-order valence-corrected chi connectivity index (χ1v) is 9.32. The summed E-state index contributed by atoms with van der Waals surface area (Å²) in [6.45, 7) is 2.19. The Morgan fingerprint density at radius 2 is 2.11 bits per heavy atom. The lowest BCUT2D eigenvalue weighted by Gasteiger charge is -2.17. The highest BCUT2D eigenvalue weighted by atomic mass is 35.5. The first-order valence-electron chi connectivity index (χ1n) is 5.58. The fraction of sp³-hybridized carbons (Fsp3) is 0.333. The van der Waals surface area contributed by atoms with Gasteiger partial charge >= 0.3 is 0 Å². The third kappa shape index (κ3) is 3.03. The Bertz CT molecular complexity index is 647. The Hall–Kier alpha value is -0.400. The van der Waals surface area contributed by atoms with Crippen LogP contribution in [0, 0.1) is 6.92 Å². The van der Waals surface area contributed by atoms with Gasteiger partial charge in [0, 0.05) is 23.3 Å². The Labute approximate surface area is 126 Å². The molecule has 2 heterocycles. The molecule has 0 bridgehead atoms. The Kier molecular flexibility index (Phi) is 4.68. The monoisotopic (exact) mass is 335 g/mol. The molecule has 0 amide bonds. The summed E-state index contributed by atoms with van der Waals surface area (Å²) >= 11 is 8.77. The van der Waals surface area contributed by atoms with Crippen molar-refractivity contribution in [3.8, 4) is 0 Å². The van der Waals surface area contributed by atoms with E-state index in [1.807, 2.05) is 22.9 Å². The Morgan fingerprint density at radius 3 is 2.68 bits per heavy atom. The molecule has 0 aliphatic rings. The molecule has 0 radical (unpaired) electrons. The van der Waals surface area contributed by atoms with Crippen LogP contribution in [-0.4, -0.2) is 19.8 Å². The van der Waals surface area contributed by atoms with Gasteiger partial charge < -0.3 is 0 Å². The van der Waals surface area contributed by atoms with E-state index in [9.17, 15) is 8.42 Å². The van der Waals surface area contributed by atoms with Crippen molar-refractivity contribution in [2.75, 3.05) is 7.05 Å². The Balaban J connectivity index is 2.33. The SMILES string of the molecule is Cc1csc(CCl)c1S(=O)(=O)N(C)Cc1cccs1. The van der Waals surface area contributed by atoms with Crippen molar-refractivity contribution in [2.24, 2.45) is 0 Å². The van der Waals surface area contributed by atoms with Crippen LogP contribution in [0.25, 0.3) is 0 Å². The zero-order valence-electron chi connectivity index (χ0n) is 10.6. The third-order valence-electron chi connectivity index (χ3n) is 2.74. The molecule has 104 valence electrons. The van der Waals surface area contributed by atoms with E-state index in [4.69, 9.17) is 11.6 Å². The van der Waals surface area contributed by atoms with Crippen LogP contribution in [0.3, 0.4) is 0 Å². The fourth-order valence-electron chi connectivity index (χ4n) is 1.79. The summed E-state index contributed by atoms with van der Waals surface area (Å²) in [5.41, 5.74) is 0.763. The summed E-state index contributed by atoms with van der Waals surface area (Å²) in [5.74, 6) is 0.222. The average molecular weight is 336 g/mol. The largest absolute Gasteiger partial charge is 0.244 e. The second-order valence-electron chi connectivity index (χ2n) is 4.15. The van der Waals surface area contributed by atoms with Crippen LogP contribution in [0.4, 0.5) is 0 Å². The first-order chi connectivity index (χ1) is 8.96. The lowest BCUT2D eigenvalue weighted by Crippen LogP contribution is -2.27. The minimum atomic E-state index is -3.48. The molecule has 0 spiro atoms. The molecule has 2 rings (SSSR count). The molecule has 7 heteroatoms. The fourth-order valence-corrected chi connectivity index (χ4v) is 5.78. The molecule has 0 N–H and O–H groups in total. The van der Waals surface area contributed by atoms with Crippen molar-refractivity contribution < 1.29 is 8.42 Å². The highest BCUT2D eigenvalue weighted by Gasteiger charge is 2.27. The van der Waals surface area contributed by atoms with E-state index >= 15 is 0 Å². The van der Waals surface area contributed by atoms with E-state index in [0.717, 1.165) is 10.4 Å². The molecule has 0 aliphatic carbocycles. The van der Waals surface area contributed by atoms with E-state index in [1.54, 1.807) is 25.3 Å². The van der Waals surface area contributed by atoms with Crippen LogP contribution in [0.5, 0.6) is 0 Å². The van der Waals surface area contributed by atoms with E-state index < -0.39 is 10.0 Å². The molecule has 0 unspecified atom stereocenters. The predicted molar refractivity (Wildman–Crippen MR) is 81.6 cm³/mol. The third-order valence-corrected chi connectivity index (χ3v) is 7.29. The predicted octanol–water partition coefficient (Wildman–Crippen LogP) is 3.68. The van der Waals surface area contributed by atoms with Crippen LogP contribution in [0.15, 0.2) is 27.8 Å². The second kappa shape index (κ2) is 5.93. The van der Waals surface area contributed by atoms with Crippen molar-refractivity contribution >= 4 is 44.3 Å². The molecular formula is C12H14ClNO2S3. The van der Waals surface area contributed by atoms with Crippen molar-refractivity contribution in [3.05, 3.63) is 38.2 Å². The van der Waals surface area contributed by atoms with E-state index in [2.05, 4.69) is 0 Å². The average Bonchev–Trinajstić information content (AvgIpc) is 2.98. The number of halogens is 1. The molecule has 0 saturated heterocycles. The van der Waals surface area contributed by atoms with E-state index in [0.29, 0.717) is 16.3 Å². The number of hydrogen-bond donors (Lipinski definition) is 0. The lowest BCUT2D eigenvalue weighted by atomic mass is 10.3. The van der Waals surface area contributed by atoms with Crippen LogP contribution in [0.1, 0.15) is 15.3 Å². The van der Waals surface area contributed by atoms with Gasteiger partial charge in [0.05, 0.1) is 5.88 Å². The summed E-state index contributed by atoms with van der Waals surface area (Å²) in [6.07, 6.45) is 0. The van der Waals surface area contributed by atoms with Gasteiger partial charge in [0.15, 0.2) is 0 Å². The lowest BCUT2D eigenvalue weighted by molar-refractivity contribution is 0.469. The van der Waals surface area contributed by atoms with E-state index in [1.165, 1.54) is 15.6 Å². The summed E-state index contributed by atoms with van der Waals surface area (Å²) in [6, 6.07) is 3.85. The molecule has 0 saturated carbocycles. The quantitative estimate of drug-likeness (QED) is 0.782. The second-order valence-corrected chi connectivity index (χ2v) is 8.39. The molecule has 2 aromatic rings. The highest BCUT2D eigenvalue weighted by Crippen LogP contribution is 2.31. The smallest absolute Gasteiger partial charge is 0.207 e. The number of sulfonamides is 1. The number of alkyl halides is 1. The van der Waals surface area contributed by atoms with Gasteiger partial charge in [-0.1, -0.05) is 6.07 Å². The molecule has 0 aliphatic heterocycles. The maximum atomic E-state index is 12.6. The van der Waals surface area contributed by atoms with Gasteiger partial charge in [-0.25, -0.2) is 8.42 Å². The zero-order valence-corrected chi connectivity index (χ0v) is 13.8. The standard InChI is InChI=1S/C12H14ClNO2S3/c1-9-8-18-11(6-13)12(9)19(15,16)14(2)7-10-4-3-5-17-10/h3-5,8H,6-7H2,1-2H3. The van der Waals surface area contributed by atoms with Crippen molar-refractivity contribution in [1.82, 2.24) is 4.31 Å². The van der Waals surface area contributed by atoms with Crippen LogP contribution >= 0.6 is 34.3 Å². The molecule has 0 atom stereocenters. The van der Waals surface area contributed by atoms with Crippen LogP contribution < -0.4 is 0 Å². The number of aryl methyl sites for hydroxylation is 1. The van der Waals surface area contributed by atoms with Gasteiger partial charge in [0.25, 0.3) is 0 Å². The number of hydrogen-bond acceptors (Lipinski definition) is 4. The minimum absolute atomic E-state index is 0.222. The maximum absolute atomic E-state index is 12.6. The van der Waals surface area contributed by atoms with Gasteiger partial charge in [-0.15, -0.1) is 34.3 Å². The summed E-state index contributed by atoms with van der Waals surface area (Å²) in [7, 11) is -1.88. The van der Waals surface area contributed by atoms with E-state index in [-0.39, 0.29) is 5.88 Å². The zero-order chi connectivity index (χ0) is 14.0. The number of thiophene rings is 2. The van der Waals surface area contributed by atoms with Gasteiger partial charge in [-0.2, -0.15) is 4.31 Å². The molecule has 3 nitrogen and oxygen atoms in total. The summed E-state index contributed by atoms with van der Waals surface area (Å²) < 4.78 is 26.6. The molecule has 0 aromatic carbocycles. The van der Waals surface area contributed by atoms with Crippen molar-refractivity contribution in [2.45, 2.75) is 24.2 Å². The first kappa shape index (κ1) is 15.0. The van der Waals surface area contributed by atoms with Crippen LogP contribution in [-0.2, 0) is 22.4 Å². The topological polar surface area (TPSA) is 37.4 Å². The van der Waals surface area contributed by atoms with Gasteiger partial charge in [0.2, 0.25) is 10.0 Å². The maximum Gasteiger partial charge on any atom is 0.244 e. The van der Waals surface area contributed by atoms with Crippen LogP contribution in [0.2, 0.25) is 0 Å². The van der Waals surface area contributed by atoms with Gasteiger partial charge in [0.1, 0.15) is 4.90 Å². The highest BCUT2D eigenvalue weighted by molar-refractivity contribution is 7.89. The van der Waals surface area contributed by atoms with Crippen molar-refractivity contribution in [1.29, 1.82) is 0 Å². The molecular weight excluding hydrogens is 322 g/mol. The van der Waals surface area contributed by atoms with Gasteiger partial charge in [-0.05, 0) is 29.3 Å². The Morgan fingerprint density at radius 1 is 1.37 bits per heavy atom. The minimum Gasteiger partial charge on any atom is -0.207 e. The normalized spacial score (nSPS) is 12.2. The number of rotatable bonds is 5. The van der Waals surface area contributed by atoms with Crippen molar-refractivity contribution in [3.63, 3.8) is 0 Å². The summed E-state index contributed by atoms with van der Waals surface area (Å²) in [5, 5.41) is 3.78. The number of nitrogens with zero attached hydrogens (tertiary/aromatic N) is 1. The van der Waals surface area contributed by atoms with Gasteiger partial charge in [-0.3, -0.25) is 0 Å². The molecule has 19 heavy (non-hydrogen) atoms. The molecule has 0 fully saturated rings.